The topological polar surface area (TPSA) is 33.0 Å². The molecule has 1 aromatic rings. The van der Waals surface area contributed by atoms with Crippen LogP contribution in [-0.4, -0.2) is 7.11 Å². The first-order valence-corrected chi connectivity index (χ1v) is 4.02. The number of benzene rings is 1. The lowest BCUT2D eigenvalue weighted by molar-refractivity contribution is 0.368. The first-order chi connectivity index (χ1) is 6.11. The van der Waals surface area contributed by atoms with Gasteiger partial charge in [-0.25, -0.2) is 4.39 Å². The van der Waals surface area contributed by atoms with Gasteiger partial charge in [0, 0.05) is 0 Å². The lowest BCUT2D eigenvalue weighted by atomic mass is 10.2. The van der Waals surface area contributed by atoms with Gasteiger partial charge in [-0.3, -0.25) is 0 Å². The van der Waals surface area contributed by atoms with E-state index in [9.17, 15) is 8.78 Å². The van der Waals surface area contributed by atoms with E-state index in [0.29, 0.717) is 0 Å². The van der Waals surface area contributed by atoms with Crippen LogP contribution in [0.1, 0.15) is 5.56 Å². The Kier molecular flexibility index (Phi) is 2.83. The monoisotopic (exact) mass is 247 g/mol. The van der Waals surface area contributed by atoms with E-state index in [0.717, 1.165) is 6.07 Å². The molecule has 0 spiro atoms. The summed E-state index contributed by atoms with van der Waals surface area (Å²) < 4.78 is 30.8. The van der Waals surface area contributed by atoms with Gasteiger partial charge in [-0.1, -0.05) is 0 Å². The summed E-state index contributed by atoms with van der Waals surface area (Å²) in [5.74, 6) is -2.59. The maximum atomic E-state index is 13.0. The summed E-state index contributed by atoms with van der Waals surface area (Å²) in [5.41, 5.74) is -0.356. The molecule has 0 aliphatic rings. The molecule has 0 amide bonds. The van der Waals surface area contributed by atoms with Crippen LogP contribution in [0.5, 0.6) is 5.75 Å². The molecule has 0 fully saturated rings. The number of ether oxygens (including phenoxy) is 1. The molecule has 0 aromatic heterocycles. The minimum Gasteiger partial charge on any atom is -0.492 e. The average Bonchev–Trinajstić information content (AvgIpc) is 2.12. The van der Waals surface area contributed by atoms with Crippen molar-refractivity contribution in [2.45, 2.75) is 0 Å². The van der Waals surface area contributed by atoms with Gasteiger partial charge < -0.3 is 4.74 Å². The molecule has 13 heavy (non-hydrogen) atoms. The summed E-state index contributed by atoms with van der Waals surface area (Å²) in [7, 11) is 1.22. The van der Waals surface area contributed by atoms with Gasteiger partial charge in [0.05, 0.1) is 17.1 Å². The van der Waals surface area contributed by atoms with E-state index in [1.807, 2.05) is 0 Å². The molecule has 0 aliphatic heterocycles. The van der Waals surface area contributed by atoms with Crippen molar-refractivity contribution in [3.8, 4) is 11.8 Å². The second-order valence-electron chi connectivity index (χ2n) is 2.18. The third-order valence-electron chi connectivity index (χ3n) is 1.44. The second-order valence-corrected chi connectivity index (χ2v) is 3.03. The maximum Gasteiger partial charge on any atom is 0.203 e. The van der Waals surface area contributed by atoms with Gasteiger partial charge in [-0.15, -0.1) is 0 Å². The van der Waals surface area contributed by atoms with Crippen LogP contribution in [0.25, 0.3) is 0 Å². The van der Waals surface area contributed by atoms with E-state index in [1.165, 1.54) is 13.2 Å². The summed E-state index contributed by atoms with van der Waals surface area (Å²) >= 11 is 2.95. The molecule has 68 valence electrons. The number of methoxy groups -OCH3 is 1. The zero-order valence-electron chi connectivity index (χ0n) is 6.57. The van der Waals surface area contributed by atoms with Crippen molar-refractivity contribution in [2.75, 3.05) is 7.11 Å². The fourth-order valence-corrected chi connectivity index (χ4v) is 1.41. The fourth-order valence-electron chi connectivity index (χ4n) is 0.847. The number of hydrogen-bond donors (Lipinski definition) is 0. The Morgan fingerprint density at radius 3 is 2.54 bits per heavy atom. The van der Waals surface area contributed by atoms with Gasteiger partial charge >= 0.3 is 0 Å². The third kappa shape index (κ3) is 1.63. The molecule has 1 rings (SSSR count). The number of hydrogen-bond acceptors (Lipinski definition) is 2. The summed E-state index contributed by atoms with van der Waals surface area (Å²) in [6.07, 6.45) is 0. The van der Waals surface area contributed by atoms with Gasteiger partial charge in [0.15, 0.2) is 11.6 Å². The quantitative estimate of drug-likeness (QED) is 0.715. The zero-order valence-corrected chi connectivity index (χ0v) is 8.15. The summed E-state index contributed by atoms with van der Waals surface area (Å²) in [6.45, 7) is 0. The molecular formula is C8H4BrF2NO. The Bertz CT molecular complexity index is 383. The predicted molar refractivity (Wildman–Crippen MR) is 45.3 cm³/mol. The van der Waals surface area contributed by atoms with Gasteiger partial charge in [-0.05, 0) is 22.0 Å². The molecule has 1 aromatic carbocycles. The molecule has 0 saturated heterocycles. The first kappa shape index (κ1) is 9.93. The first-order valence-electron chi connectivity index (χ1n) is 3.23. The van der Waals surface area contributed by atoms with Crippen LogP contribution in [0.4, 0.5) is 8.78 Å². The van der Waals surface area contributed by atoms with Crippen molar-refractivity contribution in [1.29, 1.82) is 5.26 Å². The molecule has 0 N–H and O–H groups in total. The highest BCUT2D eigenvalue weighted by atomic mass is 79.9. The number of nitriles is 1. The second kappa shape index (κ2) is 3.71. The molecular weight excluding hydrogens is 244 g/mol. The van der Waals surface area contributed by atoms with Crippen LogP contribution >= 0.6 is 15.9 Å². The van der Waals surface area contributed by atoms with Gasteiger partial charge in [0.2, 0.25) is 5.82 Å². The van der Waals surface area contributed by atoms with E-state index in [4.69, 9.17) is 5.26 Å². The SMILES string of the molecule is COc1c(Br)cc(C#N)c(F)c1F. The molecule has 0 heterocycles. The van der Waals surface area contributed by atoms with Crippen molar-refractivity contribution in [1.82, 2.24) is 0 Å². The summed E-state index contributed by atoms with van der Waals surface area (Å²) in [5, 5.41) is 8.41. The molecule has 0 atom stereocenters. The van der Waals surface area contributed by atoms with Crippen LogP contribution in [-0.2, 0) is 0 Å². The Hall–Kier alpha value is -1.15. The third-order valence-corrected chi connectivity index (χ3v) is 2.03. The number of nitrogens with zero attached hydrogens (tertiary/aromatic N) is 1. The zero-order chi connectivity index (χ0) is 10.0. The van der Waals surface area contributed by atoms with Crippen molar-refractivity contribution in [2.24, 2.45) is 0 Å². The standard InChI is InChI=1S/C8H4BrF2NO/c1-13-8-5(9)2-4(3-12)6(10)7(8)11/h2H,1H3. The molecule has 0 bridgehead atoms. The van der Waals surface area contributed by atoms with Crippen molar-refractivity contribution >= 4 is 15.9 Å². The molecule has 0 unspecified atom stereocenters. The lowest BCUT2D eigenvalue weighted by Gasteiger charge is -2.05. The van der Waals surface area contributed by atoms with Crippen LogP contribution in [0.2, 0.25) is 0 Å². The highest BCUT2D eigenvalue weighted by molar-refractivity contribution is 9.10. The Morgan fingerprint density at radius 2 is 2.08 bits per heavy atom. The molecule has 0 radical (unpaired) electrons. The average molecular weight is 248 g/mol. The van der Waals surface area contributed by atoms with Gasteiger partial charge in [0.25, 0.3) is 0 Å². The van der Waals surface area contributed by atoms with Crippen LogP contribution in [0.3, 0.4) is 0 Å². The normalized spacial score (nSPS) is 9.46. The lowest BCUT2D eigenvalue weighted by Crippen LogP contribution is -1.96. The largest absolute Gasteiger partial charge is 0.492 e. The highest BCUT2D eigenvalue weighted by Crippen LogP contribution is 2.31. The highest BCUT2D eigenvalue weighted by Gasteiger charge is 2.17. The Morgan fingerprint density at radius 1 is 1.46 bits per heavy atom. The van der Waals surface area contributed by atoms with Crippen molar-refractivity contribution in [3.05, 3.63) is 27.7 Å². The smallest absolute Gasteiger partial charge is 0.203 e. The summed E-state index contributed by atoms with van der Waals surface area (Å²) in [6, 6.07) is 2.69. The maximum absolute atomic E-state index is 13.0. The van der Waals surface area contributed by atoms with Crippen LogP contribution in [0.15, 0.2) is 10.5 Å². The minimum atomic E-state index is -1.19. The van der Waals surface area contributed by atoms with E-state index < -0.39 is 11.6 Å². The Labute approximate surface area is 81.9 Å². The van der Waals surface area contributed by atoms with E-state index in [-0.39, 0.29) is 15.8 Å². The molecule has 5 heteroatoms. The van der Waals surface area contributed by atoms with Gasteiger partial charge in [0.1, 0.15) is 6.07 Å². The molecule has 2 nitrogen and oxygen atoms in total. The van der Waals surface area contributed by atoms with Gasteiger partial charge in [-0.2, -0.15) is 9.65 Å². The van der Waals surface area contributed by atoms with E-state index in [1.54, 1.807) is 0 Å². The molecule has 0 saturated carbocycles. The number of rotatable bonds is 1. The van der Waals surface area contributed by atoms with Crippen LogP contribution < -0.4 is 4.74 Å². The predicted octanol–water partition coefficient (Wildman–Crippen LogP) is 2.61. The number of halogens is 3. The van der Waals surface area contributed by atoms with Crippen molar-refractivity contribution in [3.63, 3.8) is 0 Å². The van der Waals surface area contributed by atoms with E-state index in [2.05, 4.69) is 20.7 Å². The fraction of sp³-hybridized carbons (Fsp3) is 0.125. The Balaban J connectivity index is 3.48. The van der Waals surface area contributed by atoms with Crippen LogP contribution in [0, 0.1) is 23.0 Å². The van der Waals surface area contributed by atoms with Crippen molar-refractivity contribution < 1.29 is 13.5 Å². The minimum absolute atomic E-state index is 0.213. The van der Waals surface area contributed by atoms with E-state index >= 15 is 0 Å². The molecule has 0 aliphatic carbocycles. The summed E-state index contributed by atoms with van der Waals surface area (Å²) in [4.78, 5) is 0.